The number of ether oxygens (including phenoxy) is 1. The van der Waals surface area contributed by atoms with Gasteiger partial charge in [0.1, 0.15) is 5.75 Å². The number of hydrogen-bond acceptors (Lipinski definition) is 3. The molecule has 0 radical (unpaired) electrons. The van der Waals surface area contributed by atoms with E-state index in [9.17, 15) is 4.79 Å². The van der Waals surface area contributed by atoms with E-state index in [4.69, 9.17) is 4.74 Å². The summed E-state index contributed by atoms with van der Waals surface area (Å²) in [6, 6.07) is 14.1. The fraction of sp³-hybridized carbons (Fsp3) is 0.273. The zero-order valence-electron chi connectivity index (χ0n) is 15.8. The molecule has 1 amide bonds. The van der Waals surface area contributed by atoms with Crippen molar-refractivity contribution < 1.29 is 9.53 Å². The monoisotopic (exact) mass is 363 g/mol. The summed E-state index contributed by atoms with van der Waals surface area (Å²) in [5, 5.41) is 2.97. The van der Waals surface area contributed by atoms with Crippen LogP contribution in [0.3, 0.4) is 0 Å². The molecule has 0 saturated carbocycles. The fourth-order valence-corrected chi connectivity index (χ4v) is 3.06. The third-order valence-corrected chi connectivity index (χ3v) is 4.49. The number of anilines is 1. The van der Waals surface area contributed by atoms with Crippen LogP contribution in [0, 0.1) is 6.92 Å². The fourth-order valence-electron chi connectivity index (χ4n) is 3.06. The van der Waals surface area contributed by atoms with Gasteiger partial charge in [-0.25, -0.2) is 4.98 Å². The summed E-state index contributed by atoms with van der Waals surface area (Å²) in [5.74, 6) is 0.940. The van der Waals surface area contributed by atoms with E-state index in [1.165, 1.54) is 11.1 Å². The van der Waals surface area contributed by atoms with Gasteiger partial charge in [-0.1, -0.05) is 24.3 Å². The van der Waals surface area contributed by atoms with Crippen LogP contribution in [0.2, 0.25) is 0 Å². The summed E-state index contributed by atoms with van der Waals surface area (Å²) >= 11 is 0. The molecule has 0 aliphatic heterocycles. The number of carbonyl (C=O) groups excluding carboxylic acids is 1. The van der Waals surface area contributed by atoms with E-state index in [1.807, 2.05) is 48.0 Å². The molecule has 0 atom stereocenters. The molecule has 1 heterocycles. The predicted octanol–water partition coefficient (Wildman–Crippen LogP) is 4.21. The number of imidazole rings is 1. The first kappa shape index (κ1) is 18.7. The van der Waals surface area contributed by atoms with Crippen molar-refractivity contribution in [3.8, 4) is 5.75 Å². The Kier molecular flexibility index (Phi) is 6.26. The number of carbonyl (C=O) groups is 1. The number of methoxy groups -OCH3 is 1. The molecule has 27 heavy (non-hydrogen) atoms. The second kappa shape index (κ2) is 9.03. The van der Waals surface area contributed by atoms with Crippen molar-refractivity contribution in [3.05, 3.63) is 77.9 Å². The highest BCUT2D eigenvalue weighted by atomic mass is 16.5. The summed E-state index contributed by atoms with van der Waals surface area (Å²) in [6.45, 7) is 2.81. The standard InChI is InChI=1S/C22H25N3O2/c1-17-14-18(8-11-21(17)27-2)4-3-5-22(26)24-20-9-6-19(7-10-20)15-25-13-12-23-16-25/h6-14,16H,3-5,15H2,1-2H3,(H,24,26). The molecule has 2 aromatic carbocycles. The van der Waals surface area contributed by atoms with E-state index in [1.54, 1.807) is 19.6 Å². The van der Waals surface area contributed by atoms with Gasteiger partial charge >= 0.3 is 0 Å². The molecule has 5 heteroatoms. The summed E-state index contributed by atoms with van der Waals surface area (Å²) in [5.41, 5.74) is 4.34. The van der Waals surface area contributed by atoms with E-state index in [0.29, 0.717) is 6.42 Å². The maximum atomic E-state index is 12.2. The molecule has 0 aliphatic carbocycles. The lowest BCUT2D eigenvalue weighted by molar-refractivity contribution is -0.116. The molecule has 1 N–H and O–H groups in total. The Hall–Kier alpha value is -3.08. The highest BCUT2D eigenvalue weighted by molar-refractivity contribution is 5.90. The predicted molar refractivity (Wildman–Crippen MR) is 107 cm³/mol. The number of nitrogens with zero attached hydrogens (tertiary/aromatic N) is 2. The number of hydrogen-bond donors (Lipinski definition) is 1. The lowest BCUT2D eigenvalue weighted by Gasteiger charge is -2.09. The van der Waals surface area contributed by atoms with Gasteiger partial charge in [-0.05, 0) is 54.7 Å². The molecule has 0 aliphatic rings. The van der Waals surface area contributed by atoms with E-state index in [-0.39, 0.29) is 5.91 Å². The first-order valence-corrected chi connectivity index (χ1v) is 9.12. The van der Waals surface area contributed by atoms with Gasteiger partial charge in [0.2, 0.25) is 5.91 Å². The maximum Gasteiger partial charge on any atom is 0.224 e. The highest BCUT2D eigenvalue weighted by Gasteiger charge is 2.05. The Bertz CT molecular complexity index is 871. The molecule has 0 fully saturated rings. The third kappa shape index (κ3) is 5.45. The molecule has 0 spiro atoms. The molecular formula is C22H25N3O2. The first-order valence-electron chi connectivity index (χ1n) is 9.12. The molecule has 3 rings (SSSR count). The van der Waals surface area contributed by atoms with Crippen LogP contribution in [0.15, 0.2) is 61.2 Å². The smallest absolute Gasteiger partial charge is 0.224 e. The van der Waals surface area contributed by atoms with Crippen LogP contribution in [-0.4, -0.2) is 22.6 Å². The van der Waals surface area contributed by atoms with Crippen LogP contribution in [-0.2, 0) is 17.8 Å². The Labute approximate surface area is 160 Å². The van der Waals surface area contributed by atoms with Crippen molar-refractivity contribution in [2.24, 2.45) is 0 Å². The number of rotatable bonds is 8. The molecule has 0 saturated heterocycles. The van der Waals surface area contributed by atoms with Crippen molar-refractivity contribution in [2.45, 2.75) is 32.7 Å². The van der Waals surface area contributed by atoms with Crippen LogP contribution in [0.25, 0.3) is 0 Å². The van der Waals surface area contributed by atoms with Crippen LogP contribution >= 0.6 is 0 Å². The summed E-state index contributed by atoms with van der Waals surface area (Å²) in [6.07, 6.45) is 7.68. The molecule has 0 bridgehead atoms. The van der Waals surface area contributed by atoms with Gasteiger partial charge in [-0.2, -0.15) is 0 Å². The largest absolute Gasteiger partial charge is 0.496 e. The molecule has 1 aromatic heterocycles. The lowest BCUT2D eigenvalue weighted by Crippen LogP contribution is -2.11. The highest BCUT2D eigenvalue weighted by Crippen LogP contribution is 2.19. The lowest BCUT2D eigenvalue weighted by atomic mass is 10.0. The van der Waals surface area contributed by atoms with Gasteiger partial charge in [0.05, 0.1) is 13.4 Å². The average molecular weight is 363 g/mol. The van der Waals surface area contributed by atoms with Crippen molar-refractivity contribution >= 4 is 11.6 Å². The van der Waals surface area contributed by atoms with Crippen LogP contribution in [0.4, 0.5) is 5.69 Å². The van der Waals surface area contributed by atoms with Gasteiger partial charge < -0.3 is 14.6 Å². The number of amides is 1. The molecular weight excluding hydrogens is 338 g/mol. The molecule has 0 unspecified atom stereocenters. The molecule has 3 aromatic rings. The maximum absolute atomic E-state index is 12.2. The number of aryl methyl sites for hydroxylation is 2. The second-order valence-electron chi connectivity index (χ2n) is 6.64. The summed E-state index contributed by atoms with van der Waals surface area (Å²) < 4.78 is 7.29. The van der Waals surface area contributed by atoms with Crippen molar-refractivity contribution in [3.63, 3.8) is 0 Å². The SMILES string of the molecule is COc1ccc(CCCC(=O)Nc2ccc(Cn3ccnc3)cc2)cc1C. The second-order valence-corrected chi connectivity index (χ2v) is 6.64. The van der Waals surface area contributed by atoms with E-state index in [2.05, 4.69) is 22.4 Å². The van der Waals surface area contributed by atoms with Gasteiger partial charge in [0.15, 0.2) is 0 Å². The van der Waals surface area contributed by atoms with Gasteiger partial charge in [-0.15, -0.1) is 0 Å². The number of aromatic nitrogens is 2. The Morgan fingerprint density at radius 2 is 1.93 bits per heavy atom. The van der Waals surface area contributed by atoms with E-state index in [0.717, 1.165) is 36.4 Å². The molecule has 5 nitrogen and oxygen atoms in total. The normalized spacial score (nSPS) is 10.6. The Morgan fingerprint density at radius 3 is 2.59 bits per heavy atom. The summed E-state index contributed by atoms with van der Waals surface area (Å²) in [4.78, 5) is 16.2. The van der Waals surface area contributed by atoms with Crippen molar-refractivity contribution in [2.75, 3.05) is 12.4 Å². The summed E-state index contributed by atoms with van der Waals surface area (Å²) in [7, 11) is 1.68. The van der Waals surface area contributed by atoms with Crippen LogP contribution in [0.5, 0.6) is 5.75 Å². The Morgan fingerprint density at radius 1 is 1.15 bits per heavy atom. The quantitative estimate of drug-likeness (QED) is 0.652. The minimum atomic E-state index is 0.0441. The first-order chi connectivity index (χ1) is 13.1. The average Bonchev–Trinajstić information content (AvgIpc) is 3.16. The zero-order chi connectivity index (χ0) is 19.1. The van der Waals surface area contributed by atoms with Crippen molar-refractivity contribution in [1.29, 1.82) is 0 Å². The topological polar surface area (TPSA) is 56.1 Å². The zero-order valence-corrected chi connectivity index (χ0v) is 15.8. The molecule has 140 valence electrons. The number of benzene rings is 2. The van der Waals surface area contributed by atoms with Gasteiger partial charge in [0.25, 0.3) is 0 Å². The number of nitrogens with one attached hydrogen (secondary N) is 1. The minimum absolute atomic E-state index is 0.0441. The van der Waals surface area contributed by atoms with Crippen LogP contribution in [0.1, 0.15) is 29.5 Å². The Balaban J connectivity index is 1.44. The minimum Gasteiger partial charge on any atom is -0.496 e. The van der Waals surface area contributed by atoms with E-state index < -0.39 is 0 Å². The van der Waals surface area contributed by atoms with Gasteiger partial charge in [-0.3, -0.25) is 4.79 Å². The van der Waals surface area contributed by atoms with Crippen molar-refractivity contribution in [1.82, 2.24) is 9.55 Å². The van der Waals surface area contributed by atoms with Crippen LogP contribution < -0.4 is 10.1 Å². The third-order valence-electron chi connectivity index (χ3n) is 4.49. The van der Waals surface area contributed by atoms with Gasteiger partial charge in [0, 0.05) is 31.0 Å². The van der Waals surface area contributed by atoms with E-state index >= 15 is 0 Å².